The number of benzene rings is 2. The Morgan fingerprint density at radius 3 is 2.40 bits per heavy atom. The van der Waals surface area contributed by atoms with Crippen molar-refractivity contribution >= 4 is 16.5 Å². The summed E-state index contributed by atoms with van der Waals surface area (Å²) in [6.07, 6.45) is 0. The Hall–Kier alpha value is -1.70. The molecular formula is C13H15NO. The molecule has 0 unspecified atom stereocenters. The van der Waals surface area contributed by atoms with Gasteiger partial charge in [-0.25, -0.2) is 0 Å². The number of phenolic OH excluding ortho intramolecular Hbond substituents is 1. The van der Waals surface area contributed by atoms with Crippen LogP contribution in [0.3, 0.4) is 0 Å². The molecule has 0 saturated heterocycles. The summed E-state index contributed by atoms with van der Waals surface area (Å²) in [5.41, 5.74) is 1.07. The molecule has 15 heavy (non-hydrogen) atoms. The highest BCUT2D eigenvalue weighted by atomic mass is 16.3. The third-order valence-corrected chi connectivity index (χ3v) is 2.34. The molecule has 0 heterocycles. The Bertz CT molecular complexity index is 477. The zero-order valence-electron chi connectivity index (χ0n) is 8.99. The molecule has 0 atom stereocenters. The van der Waals surface area contributed by atoms with E-state index in [1.165, 1.54) is 0 Å². The Morgan fingerprint density at radius 2 is 1.67 bits per heavy atom. The van der Waals surface area contributed by atoms with E-state index in [-0.39, 0.29) is 0 Å². The van der Waals surface area contributed by atoms with Crippen LogP contribution >= 0.6 is 0 Å². The van der Waals surface area contributed by atoms with Crippen molar-refractivity contribution in [2.75, 3.05) is 5.32 Å². The predicted molar refractivity (Wildman–Crippen MR) is 64.4 cm³/mol. The van der Waals surface area contributed by atoms with Gasteiger partial charge in [-0.1, -0.05) is 24.3 Å². The summed E-state index contributed by atoms with van der Waals surface area (Å²) in [6.45, 7) is 4.20. The van der Waals surface area contributed by atoms with Gasteiger partial charge in [-0.3, -0.25) is 0 Å². The van der Waals surface area contributed by atoms with Gasteiger partial charge in [0.05, 0.1) is 0 Å². The molecule has 2 aromatic carbocycles. The van der Waals surface area contributed by atoms with Crippen LogP contribution in [0.25, 0.3) is 10.8 Å². The highest BCUT2D eigenvalue weighted by molar-refractivity contribution is 5.97. The van der Waals surface area contributed by atoms with Crippen LogP contribution < -0.4 is 5.32 Å². The molecule has 2 nitrogen and oxygen atoms in total. The predicted octanol–water partition coefficient (Wildman–Crippen LogP) is 3.37. The van der Waals surface area contributed by atoms with E-state index in [1.807, 2.05) is 30.3 Å². The first-order chi connectivity index (χ1) is 7.18. The molecule has 0 amide bonds. The molecule has 0 aliphatic heterocycles. The minimum absolute atomic E-state index is 0.333. The monoisotopic (exact) mass is 201 g/mol. The van der Waals surface area contributed by atoms with Gasteiger partial charge >= 0.3 is 0 Å². The first-order valence-electron chi connectivity index (χ1n) is 5.16. The van der Waals surface area contributed by atoms with E-state index in [0.717, 1.165) is 16.5 Å². The zero-order valence-corrected chi connectivity index (χ0v) is 8.99. The Balaban J connectivity index is 2.61. The SMILES string of the molecule is CC(C)Nc1cccc2c(O)cccc12. The zero-order chi connectivity index (χ0) is 10.8. The summed E-state index contributed by atoms with van der Waals surface area (Å²) in [7, 11) is 0. The fraction of sp³-hybridized carbons (Fsp3) is 0.231. The van der Waals surface area contributed by atoms with Crippen LogP contribution in [0.5, 0.6) is 5.75 Å². The molecule has 0 aliphatic rings. The van der Waals surface area contributed by atoms with Gasteiger partial charge in [-0.2, -0.15) is 0 Å². The van der Waals surface area contributed by atoms with Crippen LogP contribution in [-0.4, -0.2) is 11.1 Å². The topological polar surface area (TPSA) is 32.3 Å². The van der Waals surface area contributed by atoms with Gasteiger partial charge in [0.25, 0.3) is 0 Å². The van der Waals surface area contributed by atoms with E-state index in [9.17, 15) is 5.11 Å². The molecule has 78 valence electrons. The molecule has 2 rings (SSSR count). The lowest BCUT2D eigenvalue weighted by Gasteiger charge is -2.13. The average Bonchev–Trinajstić information content (AvgIpc) is 2.19. The van der Waals surface area contributed by atoms with E-state index < -0.39 is 0 Å². The Labute approximate surface area is 89.6 Å². The number of phenols is 1. The Kier molecular flexibility index (Phi) is 2.50. The van der Waals surface area contributed by atoms with Gasteiger partial charge in [0.15, 0.2) is 0 Å². The number of nitrogens with one attached hydrogen (secondary N) is 1. The number of rotatable bonds is 2. The van der Waals surface area contributed by atoms with Gasteiger partial charge in [0.2, 0.25) is 0 Å². The molecule has 0 radical (unpaired) electrons. The van der Waals surface area contributed by atoms with Crippen LogP contribution in [-0.2, 0) is 0 Å². The molecule has 0 saturated carbocycles. The molecule has 2 aromatic rings. The maximum absolute atomic E-state index is 9.70. The summed E-state index contributed by atoms with van der Waals surface area (Å²) in [4.78, 5) is 0. The third-order valence-electron chi connectivity index (χ3n) is 2.34. The van der Waals surface area contributed by atoms with Gasteiger partial charge < -0.3 is 10.4 Å². The fourth-order valence-electron chi connectivity index (χ4n) is 1.73. The quantitative estimate of drug-likeness (QED) is 0.780. The van der Waals surface area contributed by atoms with Crippen molar-refractivity contribution < 1.29 is 5.11 Å². The maximum Gasteiger partial charge on any atom is 0.123 e. The van der Waals surface area contributed by atoms with Crippen molar-refractivity contribution in [2.45, 2.75) is 19.9 Å². The van der Waals surface area contributed by atoms with Crippen molar-refractivity contribution in [2.24, 2.45) is 0 Å². The van der Waals surface area contributed by atoms with E-state index >= 15 is 0 Å². The highest BCUT2D eigenvalue weighted by Crippen LogP contribution is 2.29. The first kappa shape index (κ1) is 9.84. The number of hydrogen-bond acceptors (Lipinski definition) is 2. The van der Waals surface area contributed by atoms with E-state index in [1.54, 1.807) is 6.07 Å². The average molecular weight is 201 g/mol. The number of anilines is 1. The molecule has 2 heteroatoms. The second-order valence-corrected chi connectivity index (χ2v) is 3.98. The lowest BCUT2D eigenvalue weighted by atomic mass is 10.1. The molecule has 0 spiro atoms. The standard InChI is InChI=1S/C13H15NO/c1-9(2)14-12-7-3-6-11-10(12)5-4-8-13(11)15/h3-9,14-15H,1-2H3. The number of fused-ring (bicyclic) bond motifs is 1. The van der Waals surface area contributed by atoms with Crippen LogP contribution in [0.1, 0.15) is 13.8 Å². The summed E-state index contributed by atoms with van der Waals surface area (Å²) in [5.74, 6) is 0.333. The lowest BCUT2D eigenvalue weighted by Crippen LogP contribution is -2.09. The summed E-state index contributed by atoms with van der Waals surface area (Å²) in [5, 5.41) is 15.0. The minimum Gasteiger partial charge on any atom is -0.507 e. The molecule has 0 bridgehead atoms. The number of hydrogen-bond donors (Lipinski definition) is 2. The van der Waals surface area contributed by atoms with Crippen molar-refractivity contribution in [3.05, 3.63) is 36.4 Å². The smallest absolute Gasteiger partial charge is 0.123 e. The second kappa shape index (κ2) is 3.81. The first-order valence-corrected chi connectivity index (χ1v) is 5.16. The molecule has 0 aliphatic carbocycles. The Morgan fingerprint density at radius 1 is 1.00 bits per heavy atom. The molecule has 0 fully saturated rings. The van der Waals surface area contributed by atoms with Crippen molar-refractivity contribution in [3.8, 4) is 5.75 Å². The second-order valence-electron chi connectivity index (χ2n) is 3.98. The van der Waals surface area contributed by atoms with Crippen molar-refractivity contribution in [3.63, 3.8) is 0 Å². The van der Waals surface area contributed by atoms with Gasteiger partial charge in [-0.15, -0.1) is 0 Å². The summed E-state index contributed by atoms with van der Waals surface area (Å²) >= 11 is 0. The van der Waals surface area contributed by atoms with Crippen molar-refractivity contribution in [1.82, 2.24) is 0 Å². The summed E-state index contributed by atoms with van der Waals surface area (Å²) < 4.78 is 0. The molecular weight excluding hydrogens is 186 g/mol. The molecule has 2 N–H and O–H groups in total. The van der Waals surface area contributed by atoms with Crippen LogP contribution in [0.2, 0.25) is 0 Å². The van der Waals surface area contributed by atoms with Gasteiger partial charge in [0.1, 0.15) is 5.75 Å². The third kappa shape index (κ3) is 1.89. The summed E-state index contributed by atoms with van der Waals surface area (Å²) in [6, 6.07) is 11.9. The van der Waals surface area contributed by atoms with Crippen LogP contribution in [0.4, 0.5) is 5.69 Å². The van der Waals surface area contributed by atoms with E-state index in [0.29, 0.717) is 11.8 Å². The largest absolute Gasteiger partial charge is 0.507 e. The maximum atomic E-state index is 9.70. The van der Waals surface area contributed by atoms with E-state index in [4.69, 9.17) is 0 Å². The molecule has 0 aromatic heterocycles. The minimum atomic E-state index is 0.333. The number of aromatic hydroxyl groups is 1. The van der Waals surface area contributed by atoms with E-state index in [2.05, 4.69) is 19.2 Å². The highest BCUT2D eigenvalue weighted by Gasteiger charge is 2.04. The fourth-order valence-corrected chi connectivity index (χ4v) is 1.73. The van der Waals surface area contributed by atoms with Crippen molar-refractivity contribution in [1.29, 1.82) is 0 Å². The van der Waals surface area contributed by atoms with Crippen LogP contribution in [0.15, 0.2) is 36.4 Å². The van der Waals surface area contributed by atoms with Gasteiger partial charge in [0, 0.05) is 22.5 Å². The van der Waals surface area contributed by atoms with Gasteiger partial charge in [-0.05, 0) is 26.0 Å². The van der Waals surface area contributed by atoms with Crippen LogP contribution in [0, 0.1) is 0 Å². The normalized spacial score (nSPS) is 10.9. The lowest BCUT2D eigenvalue weighted by molar-refractivity contribution is 0.481.